The van der Waals surface area contributed by atoms with Gasteiger partial charge in [-0.2, -0.15) is 26.3 Å². The van der Waals surface area contributed by atoms with E-state index in [4.69, 9.17) is 0 Å². The van der Waals surface area contributed by atoms with Gasteiger partial charge in [0.2, 0.25) is 6.04 Å². The highest BCUT2D eigenvalue weighted by atomic mass is 19.4. The monoisotopic (exact) mass is 489 g/mol. The number of likely N-dealkylation sites (tertiary alicyclic amines) is 1. The highest BCUT2D eigenvalue weighted by molar-refractivity contribution is 5.57. The molecule has 0 radical (unpaired) electrons. The summed E-state index contributed by atoms with van der Waals surface area (Å²) in [6, 6.07) is 6.67. The van der Waals surface area contributed by atoms with Crippen molar-refractivity contribution in [1.29, 1.82) is 0 Å². The molecule has 5 nitrogen and oxygen atoms in total. The molecule has 1 aliphatic heterocycles. The van der Waals surface area contributed by atoms with Crippen LogP contribution >= 0.6 is 0 Å². The van der Waals surface area contributed by atoms with Gasteiger partial charge in [0.15, 0.2) is 0 Å². The Kier molecular flexibility index (Phi) is 6.30. The first kappa shape index (κ1) is 24.7. The van der Waals surface area contributed by atoms with Gasteiger partial charge in [-0.05, 0) is 19.3 Å². The summed E-state index contributed by atoms with van der Waals surface area (Å²) >= 11 is 0. The predicted molar refractivity (Wildman–Crippen MR) is 112 cm³/mol. The molecule has 1 saturated carbocycles. The second kappa shape index (κ2) is 8.67. The molecule has 2 fully saturated rings. The van der Waals surface area contributed by atoms with Gasteiger partial charge in [0, 0.05) is 30.1 Å². The molecule has 1 N–H and O–H groups in total. The van der Waals surface area contributed by atoms with Crippen LogP contribution < -0.4 is 5.56 Å². The van der Waals surface area contributed by atoms with Crippen molar-refractivity contribution in [3.8, 4) is 11.3 Å². The number of rotatable bonds is 4. The largest absolute Gasteiger partial charge is 0.412 e. The van der Waals surface area contributed by atoms with Crippen molar-refractivity contribution in [2.24, 2.45) is 5.41 Å². The third-order valence-electron chi connectivity index (χ3n) is 7.23. The zero-order valence-electron chi connectivity index (χ0n) is 18.2. The minimum Gasteiger partial charge on any atom is -0.387 e. The Morgan fingerprint density at radius 2 is 1.62 bits per heavy atom. The zero-order valence-corrected chi connectivity index (χ0v) is 18.2. The molecule has 1 atom stereocenters. The molecule has 0 unspecified atom stereocenters. The lowest BCUT2D eigenvalue weighted by molar-refractivity contribution is -0.300. The van der Waals surface area contributed by atoms with Crippen LogP contribution in [-0.2, 0) is 6.54 Å². The molecule has 1 aliphatic carbocycles. The van der Waals surface area contributed by atoms with Crippen LogP contribution in [0.25, 0.3) is 11.3 Å². The van der Waals surface area contributed by atoms with Crippen molar-refractivity contribution >= 4 is 0 Å². The number of hydrogen-bond donors (Lipinski definition) is 1. The van der Waals surface area contributed by atoms with Crippen molar-refractivity contribution in [3.63, 3.8) is 0 Å². The molecule has 1 spiro atoms. The number of alkyl halides is 6. The minimum atomic E-state index is -5.48. The molecular formula is C23H25F6N3O2. The molecule has 1 saturated heterocycles. The van der Waals surface area contributed by atoms with Gasteiger partial charge < -0.3 is 5.11 Å². The number of hydrogen-bond acceptors (Lipinski definition) is 4. The summed E-state index contributed by atoms with van der Waals surface area (Å²) in [4.78, 5) is 17.4. The number of nitrogens with zero attached hydrogens (tertiary/aromatic N) is 3. The van der Waals surface area contributed by atoms with Crippen molar-refractivity contribution in [1.82, 2.24) is 14.5 Å². The molecule has 0 bridgehead atoms. The summed E-state index contributed by atoms with van der Waals surface area (Å²) < 4.78 is 81.4. The molecule has 4 rings (SSSR count). The third-order valence-corrected chi connectivity index (χ3v) is 7.23. The van der Waals surface area contributed by atoms with Crippen molar-refractivity contribution < 1.29 is 31.4 Å². The molecule has 2 heterocycles. The Morgan fingerprint density at radius 3 is 2.18 bits per heavy atom. The van der Waals surface area contributed by atoms with Crippen molar-refractivity contribution in [2.75, 3.05) is 13.1 Å². The number of aromatic nitrogens is 2. The fourth-order valence-electron chi connectivity index (χ4n) is 5.54. The van der Waals surface area contributed by atoms with Gasteiger partial charge in [-0.25, -0.2) is 4.98 Å². The van der Waals surface area contributed by atoms with Gasteiger partial charge in [0.1, 0.15) is 0 Å². The maximum Gasteiger partial charge on any atom is 0.412 e. The van der Waals surface area contributed by atoms with Crippen LogP contribution in [0.3, 0.4) is 0 Å². The summed E-state index contributed by atoms with van der Waals surface area (Å²) in [5, 5.41) is 11.6. The molecule has 2 aliphatic rings. The Balaban J connectivity index is 1.62. The van der Waals surface area contributed by atoms with E-state index in [0.717, 1.165) is 5.56 Å². The van der Waals surface area contributed by atoms with Gasteiger partial charge in [-0.15, -0.1) is 0 Å². The van der Waals surface area contributed by atoms with Crippen LogP contribution in [0.2, 0.25) is 0 Å². The molecule has 34 heavy (non-hydrogen) atoms. The normalized spacial score (nSPS) is 23.6. The summed E-state index contributed by atoms with van der Waals surface area (Å²) in [5.41, 5.74) is -2.13. The quantitative estimate of drug-likeness (QED) is 0.647. The second-order valence-electron chi connectivity index (χ2n) is 9.33. The molecule has 186 valence electrons. The van der Waals surface area contributed by atoms with Crippen LogP contribution in [0.1, 0.15) is 32.1 Å². The van der Waals surface area contributed by atoms with E-state index >= 15 is 0 Å². The fourth-order valence-corrected chi connectivity index (χ4v) is 5.54. The lowest BCUT2D eigenvalue weighted by atomic mass is 9.65. The summed E-state index contributed by atoms with van der Waals surface area (Å²) in [7, 11) is 0. The van der Waals surface area contributed by atoms with Gasteiger partial charge >= 0.3 is 12.4 Å². The number of halogens is 6. The number of benzene rings is 1. The van der Waals surface area contributed by atoms with Gasteiger partial charge in [-0.3, -0.25) is 14.3 Å². The molecule has 1 aromatic heterocycles. The predicted octanol–water partition coefficient (Wildman–Crippen LogP) is 4.40. The Bertz CT molecular complexity index is 1050. The first-order chi connectivity index (χ1) is 15.8. The molecule has 11 heteroatoms. The molecule has 0 amide bonds. The molecule has 2 aromatic rings. The van der Waals surface area contributed by atoms with E-state index < -0.39 is 48.1 Å². The lowest BCUT2D eigenvalue weighted by Crippen LogP contribution is -2.66. The second-order valence-corrected chi connectivity index (χ2v) is 9.33. The number of aliphatic hydroxyl groups is 1. The molecule has 1 aromatic carbocycles. The smallest absolute Gasteiger partial charge is 0.387 e. The van der Waals surface area contributed by atoms with Gasteiger partial charge in [0.25, 0.3) is 5.56 Å². The van der Waals surface area contributed by atoms with E-state index in [2.05, 4.69) is 4.98 Å². The first-order valence-electron chi connectivity index (χ1n) is 11.1. The highest BCUT2D eigenvalue weighted by Gasteiger charge is 2.64. The van der Waals surface area contributed by atoms with Gasteiger partial charge in [0.05, 0.1) is 24.2 Å². The minimum absolute atomic E-state index is 0.246. The zero-order chi connectivity index (χ0) is 24.8. The highest BCUT2D eigenvalue weighted by Crippen LogP contribution is 2.53. The van der Waals surface area contributed by atoms with E-state index in [0.29, 0.717) is 23.4 Å². The summed E-state index contributed by atoms with van der Waals surface area (Å²) in [6.07, 6.45) is -8.28. The maximum atomic E-state index is 13.4. The van der Waals surface area contributed by atoms with E-state index in [9.17, 15) is 36.2 Å². The Labute approximate surface area is 192 Å². The molecular weight excluding hydrogens is 464 g/mol. The average molecular weight is 489 g/mol. The van der Waals surface area contributed by atoms with E-state index in [-0.39, 0.29) is 25.8 Å². The Hall–Kier alpha value is -2.40. The van der Waals surface area contributed by atoms with Crippen LogP contribution in [0, 0.1) is 5.41 Å². The summed E-state index contributed by atoms with van der Waals surface area (Å²) in [6.45, 7) is -1.38. The van der Waals surface area contributed by atoms with E-state index in [1.54, 1.807) is 24.3 Å². The van der Waals surface area contributed by atoms with Crippen molar-refractivity contribution in [2.45, 2.75) is 62.6 Å². The van der Waals surface area contributed by atoms with Crippen molar-refractivity contribution in [3.05, 3.63) is 53.1 Å². The maximum absolute atomic E-state index is 13.4. The first-order valence-corrected chi connectivity index (χ1v) is 11.1. The number of piperidine rings is 1. The SMILES string of the molecule is O=c1cc(-c2ccccc2)ncn1C[C@]1(O)CCN(C(C(F)(F)F)C(F)(F)F)CC12CCCC2. The van der Waals surface area contributed by atoms with Gasteiger partial charge in [-0.1, -0.05) is 43.2 Å². The van der Waals surface area contributed by atoms with E-state index in [1.165, 1.54) is 17.0 Å². The Morgan fingerprint density at radius 1 is 1.00 bits per heavy atom. The third kappa shape index (κ3) is 4.59. The summed E-state index contributed by atoms with van der Waals surface area (Å²) in [5.74, 6) is 0. The topological polar surface area (TPSA) is 58.4 Å². The average Bonchev–Trinajstić information content (AvgIpc) is 3.21. The van der Waals surface area contributed by atoms with Crippen LogP contribution in [-0.4, -0.2) is 56.6 Å². The standard InChI is InChI=1S/C23H25F6N3O2/c24-22(25,26)19(23(27,28)29)31-11-10-21(34,20(13-31)8-4-5-9-20)14-32-15-30-17(12-18(32)33)16-6-2-1-3-7-16/h1-3,6-7,12,15,19,34H,4-5,8-11,13-14H2/t21-/m1/s1. The lowest BCUT2D eigenvalue weighted by Gasteiger charge is -2.54. The van der Waals surface area contributed by atoms with Crippen LogP contribution in [0.5, 0.6) is 0 Å². The fraction of sp³-hybridized carbons (Fsp3) is 0.565. The van der Waals surface area contributed by atoms with E-state index in [1.807, 2.05) is 6.07 Å². The van der Waals surface area contributed by atoms with Crippen LogP contribution in [0.4, 0.5) is 26.3 Å². The van der Waals surface area contributed by atoms with Crippen LogP contribution in [0.15, 0.2) is 47.5 Å².